The summed E-state index contributed by atoms with van der Waals surface area (Å²) in [4.78, 5) is 0. The van der Waals surface area contributed by atoms with Crippen LogP contribution in [0.5, 0.6) is 0 Å². The summed E-state index contributed by atoms with van der Waals surface area (Å²) in [5, 5.41) is 27.6. The summed E-state index contributed by atoms with van der Waals surface area (Å²) in [6.07, 6.45) is 0. The molecule has 0 aliphatic heterocycles. The fraction of sp³-hybridized carbons (Fsp3) is 0. The Morgan fingerprint density at radius 1 is 0.462 bits per heavy atom. The number of nitrogens with zero attached hydrogens (tertiary/aromatic N) is 2. The molecular formula is C24H12N2. The van der Waals surface area contributed by atoms with Gasteiger partial charge in [-0.15, -0.1) is 0 Å². The minimum absolute atomic E-state index is 0.653. The van der Waals surface area contributed by atoms with E-state index in [1.54, 1.807) is 0 Å². The Hall–Kier alpha value is -3.88. The van der Waals surface area contributed by atoms with Crippen molar-refractivity contribution in [3.63, 3.8) is 0 Å². The summed E-state index contributed by atoms with van der Waals surface area (Å²) in [5.41, 5.74) is 1.31. The number of rotatable bonds is 0. The van der Waals surface area contributed by atoms with E-state index in [1.165, 1.54) is 0 Å². The van der Waals surface area contributed by atoms with Crippen molar-refractivity contribution in [2.75, 3.05) is 0 Å². The Balaban J connectivity index is 2.13. The second-order valence-corrected chi connectivity index (χ2v) is 6.49. The van der Waals surface area contributed by atoms with Gasteiger partial charge in [0.25, 0.3) is 0 Å². The van der Waals surface area contributed by atoms with Crippen molar-refractivity contribution in [1.29, 1.82) is 10.5 Å². The third-order valence-electron chi connectivity index (χ3n) is 5.06. The standard InChI is InChI=1S/C24H12N2/c25-13-15-1-3-17-5-7-19-9-10-20-8-6-18-4-2-16(14-26)12-22(18)24(20)23(19)21(17)11-15/h1-12H. The first-order valence-electron chi connectivity index (χ1n) is 8.41. The van der Waals surface area contributed by atoms with Crippen LogP contribution in [-0.4, -0.2) is 0 Å². The molecule has 0 aliphatic carbocycles. The Bertz CT molecular complexity index is 1320. The number of hydrogen-bond acceptors (Lipinski definition) is 2. The third kappa shape index (κ3) is 1.97. The molecule has 0 aromatic heterocycles. The monoisotopic (exact) mass is 328 g/mol. The predicted octanol–water partition coefficient (Wildman–Crippen LogP) is 6.04. The van der Waals surface area contributed by atoms with Crippen LogP contribution in [0.25, 0.3) is 43.1 Å². The van der Waals surface area contributed by atoms with Crippen molar-refractivity contribution in [3.05, 3.63) is 83.9 Å². The SMILES string of the molecule is N#Cc1ccc2ccc3ccc4ccc5ccc(C#N)cc5c4c3c2c1. The van der Waals surface area contributed by atoms with E-state index >= 15 is 0 Å². The molecule has 0 unspecified atom stereocenters. The van der Waals surface area contributed by atoms with Crippen LogP contribution in [0.15, 0.2) is 72.8 Å². The normalized spacial score (nSPS) is 11.0. The molecule has 5 aromatic rings. The fourth-order valence-corrected chi connectivity index (χ4v) is 3.83. The van der Waals surface area contributed by atoms with Gasteiger partial charge in [0.2, 0.25) is 0 Å². The van der Waals surface area contributed by atoms with Crippen molar-refractivity contribution < 1.29 is 0 Å². The van der Waals surface area contributed by atoms with Gasteiger partial charge in [0.05, 0.1) is 23.3 Å². The van der Waals surface area contributed by atoms with Crippen LogP contribution in [0.4, 0.5) is 0 Å². The topological polar surface area (TPSA) is 47.6 Å². The van der Waals surface area contributed by atoms with Crippen molar-refractivity contribution >= 4 is 43.1 Å². The molecule has 5 rings (SSSR count). The van der Waals surface area contributed by atoms with Gasteiger partial charge in [0.15, 0.2) is 0 Å². The zero-order chi connectivity index (χ0) is 17.7. The summed E-state index contributed by atoms with van der Waals surface area (Å²) in [5.74, 6) is 0. The molecule has 0 atom stereocenters. The maximum absolute atomic E-state index is 9.34. The van der Waals surface area contributed by atoms with E-state index in [1.807, 2.05) is 36.4 Å². The van der Waals surface area contributed by atoms with Crippen molar-refractivity contribution in [2.24, 2.45) is 0 Å². The number of benzene rings is 5. The molecular weight excluding hydrogens is 316 g/mol. The third-order valence-corrected chi connectivity index (χ3v) is 5.06. The molecule has 0 N–H and O–H groups in total. The van der Waals surface area contributed by atoms with E-state index in [0.717, 1.165) is 43.1 Å². The van der Waals surface area contributed by atoms with Gasteiger partial charge in [0, 0.05) is 0 Å². The minimum Gasteiger partial charge on any atom is -0.192 e. The van der Waals surface area contributed by atoms with Gasteiger partial charge in [-0.1, -0.05) is 48.5 Å². The van der Waals surface area contributed by atoms with Crippen LogP contribution in [0.3, 0.4) is 0 Å². The molecule has 0 saturated heterocycles. The van der Waals surface area contributed by atoms with E-state index in [2.05, 4.69) is 48.5 Å². The molecule has 0 spiro atoms. The van der Waals surface area contributed by atoms with Gasteiger partial charge >= 0.3 is 0 Å². The van der Waals surface area contributed by atoms with Gasteiger partial charge in [-0.3, -0.25) is 0 Å². The lowest BCUT2D eigenvalue weighted by Crippen LogP contribution is -1.85. The van der Waals surface area contributed by atoms with E-state index in [-0.39, 0.29) is 0 Å². The first kappa shape index (κ1) is 14.5. The highest BCUT2D eigenvalue weighted by Gasteiger charge is 2.10. The molecule has 2 nitrogen and oxygen atoms in total. The lowest BCUT2D eigenvalue weighted by Gasteiger charge is -2.11. The zero-order valence-electron chi connectivity index (χ0n) is 13.8. The molecule has 118 valence electrons. The summed E-state index contributed by atoms with van der Waals surface area (Å²) < 4.78 is 0. The summed E-state index contributed by atoms with van der Waals surface area (Å²) in [6, 6.07) is 28.8. The smallest absolute Gasteiger partial charge is 0.0991 e. The maximum atomic E-state index is 9.34. The van der Waals surface area contributed by atoms with E-state index in [9.17, 15) is 10.5 Å². The van der Waals surface area contributed by atoms with Crippen LogP contribution in [0.2, 0.25) is 0 Å². The first-order valence-corrected chi connectivity index (χ1v) is 8.41. The van der Waals surface area contributed by atoms with E-state index in [0.29, 0.717) is 11.1 Å². The number of hydrogen-bond donors (Lipinski definition) is 0. The largest absolute Gasteiger partial charge is 0.192 e. The van der Waals surface area contributed by atoms with Gasteiger partial charge in [-0.2, -0.15) is 10.5 Å². The van der Waals surface area contributed by atoms with Crippen molar-refractivity contribution in [3.8, 4) is 12.1 Å². The van der Waals surface area contributed by atoms with Gasteiger partial charge in [0.1, 0.15) is 0 Å². The van der Waals surface area contributed by atoms with Crippen LogP contribution in [0, 0.1) is 22.7 Å². The Kier molecular flexibility index (Phi) is 2.95. The van der Waals surface area contributed by atoms with Crippen LogP contribution in [0.1, 0.15) is 11.1 Å². The fourth-order valence-electron chi connectivity index (χ4n) is 3.83. The maximum Gasteiger partial charge on any atom is 0.0991 e. The quantitative estimate of drug-likeness (QED) is 0.325. The first-order chi connectivity index (χ1) is 12.8. The molecule has 0 fully saturated rings. The summed E-state index contributed by atoms with van der Waals surface area (Å²) >= 11 is 0. The Labute approximate surface area is 150 Å². The lowest BCUT2D eigenvalue weighted by atomic mass is 9.92. The summed E-state index contributed by atoms with van der Waals surface area (Å²) in [7, 11) is 0. The van der Waals surface area contributed by atoms with E-state index < -0.39 is 0 Å². The van der Waals surface area contributed by atoms with Gasteiger partial charge < -0.3 is 0 Å². The van der Waals surface area contributed by atoms with Crippen LogP contribution in [-0.2, 0) is 0 Å². The average molecular weight is 328 g/mol. The van der Waals surface area contributed by atoms with Gasteiger partial charge in [-0.25, -0.2) is 0 Å². The minimum atomic E-state index is 0.653. The zero-order valence-corrected chi connectivity index (χ0v) is 13.8. The highest BCUT2D eigenvalue weighted by atomic mass is 14.2. The molecule has 0 amide bonds. The highest BCUT2D eigenvalue weighted by molar-refractivity contribution is 6.27. The van der Waals surface area contributed by atoms with Crippen molar-refractivity contribution in [2.45, 2.75) is 0 Å². The molecule has 2 heteroatoms. The molecule has 26 heavy (non-hydrogen) atoms. The number of fused-ring (bicyclic) bond motifs is 7. The van der Waals surface area contributed by atoms with Crippen molar-refractivity contribution in [1.82, 2.24) is 0 Å². The van der Waals surface area contributed by atoms with Crippen LogP contribution < -0.4 is 0 Å². The Morgan fingerprint density at radius 2 is 0.808 bits per heavy atom. The van der Waals surface area contributed by atoms with Crippen LogP contribution >= 0.6 is 0 Å². The Morgan fingerprint density at radius 3 is 1.19 bits per heavy atom. The average Bonchev–Trinajstić information content (AvgIpc) is 2.71. The predicted molar refractivity (Wildman–Crippen MR) is 106 cm³/mol. The molecule has 0 aliphatic rings. The highest BCUT2D eigenvalue weighted by Crippen LogP contribution is 2.37. The second kappa shape index (κ2) is 5.31. The lowest BCUT2D eigenvalue weighted by molar-refractivity contribution is 1.50. The molecule has 0 heterocycles. The number of nitriles is 2. The van der Waals surface area contributed by atoms with E-state index in [4.69, 9.17) is 0 Å². The molecule has 5 aromatic carbocycles. The van der Waals surface area contributed by atoms with Gasteiger partial charge in [-0.05, 0) is 67.4 Å². The molecule has 0 radical (unpaired) electrons. The molecule has 0 saturated carbocycles. The summed E-state index contributed by atoms with van der Waals surface area (Å²) in [6.45, 7) is 0. The molecule has 0 bridgehead atoms. The second-order valence-electron chi connectivity index (χ2n) is 6.49.